The number of carbonyl (C=O) groups is 2. The molecule has 5 nitrogen and oxygen atoms in total. The van der Waals surface area contributed by atoms with Gasteiger partial charge in [0.15, 0.2) is 0 Å². The fourth-order valence-corrected chi connectivity index (χ4v) is 3.28. The van der Waals surface area contributed by atoms with Crippen LogP contribution in [0, 0.1) is 0 Å². The van der Waals surface area contributed by atoms with Crippen molar-refractivity contribution in [3.63, 3.8) is 0 Å². The molecule has 0 aromatic heterocycles. The van der Waals surface area contributed by atoms with Crippen molar-refractivity contribution in [2.75, 3.05) is 38.5 Å². The highest BCUT2D eigenvalue weighted by Crippen LogP contribution is 2.20. The lowest BCUT2D eigenvalue weighted by Crippen LogP contribution is -2.47. The highest BCUT2D eigenvalue weighted by atomic mass is 16.2. The largest absolute Gasteiger partial charge is 0.336 e. The summed E-state index contributed by atoms with van der Waals surface area (Å²) in [6, 6.07) is 17.2. The minimum absolute atomic E-state index is 0.0236. The van der Waals surface area contributed by atoms with Crippen molar-refractivity contribution in [3.05, 3.63) is 65.7 Å². The molecule has 1 fully saturated rings. The normalized spacial score (nSPS) is 16.0. The van der Waals surface area contributed by atoms with Crippen LogP contribution in [0.3, 0.4) is 0 Å². The topological polar surface area (TPSA) is 52.7 Å². The summed E-state index contributed by atoms with van der Waals surface area (Å²) in [5.74, 6) is 0.187. The number of rotatable bonds is 5. The molecule has 2 amide bonds. The van der Waals surface area contributed by atoms with Crippen molar-refractivity contribution in [1.29, 1.82) is 0 Å². The quantitative estimate of drug-likeness (QED) is 0.885. The Bertz CT molecular complexity index is 766. The van der Waals surface area contributed by atoms with E-state index in [2.05, 4.69) is 17.3 Å². The summed E-state index contributed by atoms with van der Waals surface area (Å²) in [6.07, 6.45) is 0.423. The maximum atomic E-state index is 12.6. The highest BCUT2D eigenvalue weighted by molar-refractivity contribution is 5.96. The Morgan fingerprint density at radius 2 is 1.59 bits per heavy atom. The summed E-state index contributed by atoms with van der Waals surface area (Å²) < 4.78 is 0. The molecule has 0 aliphatic carbocycles. The molecule has 1 aliphatic rings. The predicted molar refractivity (Wildman–Crippen MR) is 108 cm³/mol. The van der Waals surface area contributed by atoms with E-state index in [0.29, 0.717) is 12.0 Å². The molecule has 1 aliphatic heterocycles. The van der Waals surface area contributed by atoms with E-state index >= 15 is 0 Å². The van der Waals surface area contributed by atoms with Gasteiger partial charge in [0.25, 0.3) is 5.91 Å². The third-order valence-corrected chi connectivity index (χ3v) is 5.07. The van der Waals surface area contributed by atoms with E-state index in [0.717, 1.165) is 37.4 Å². The van der Waals surface area contributed by atoms with Crippen molar-refractivity contribution in [2.24, 2.45) is 0 Å². The van der Waals surface area contributed by atoms with Gasteiger partial charge < -0.3 is 15.1 Å². The van der Waals surface area contributed by atoms with Crippen molar-refractivity contribution < 1.29 is 9.59 Å². The van der Waals surface area contributed by atoms with E-state index in [1.165, 1.54) is 0 Å². The van der Waals surface area contributed by atoms with Crippen LogP contribution in [-0.2, 0) is 4.79 Å². The van der Waals surface area contributed by atoms with E-state index in [9.17, 15) is 9.59 Å². The van der Waals surface area contributed by atoms with Crippen LogP contribution in [0.2, 0.25) is 0 Å². The number of piperazine rings is 1. The van der Waals surface area contributed by atoms with Crippen molar-refractivity contribution in [2.45, 2.75) is 19.3 Å². The minimum Gasteiger partial charge on any atom is -0.336 e. The molecule has 1 unspecified atom stereocenters. The molecule has 142 valence electrons. The van der Waals surface area contributed by atoms with Gasteiger partial charge in [-0.15, -0.1) is 0 Å². The second-order valence-corrected chi connectivity index (χ2v) is 7.24. The molecule has 27 heavy (non-hydrogen) atoms. The van der Waals surface area contributed by atoms with Gasteiger partial charge >= 0.3 is 0 Å². The Morgan fingerprint density at radius 3 is 2.22 bits per heavy atom. The molecule has 2 aromatic rings. The third kappa shape index (κ3) is 5.17. The van der Waals surface area contributed by atoms with Crippen LogP contribution in [0.5, 0.6) is 0 Å². The van der Waals surface area contributed by atoms with Crippen LogP contribution < -0.4 is 5.32 Å². The van der Waals surface area contributed by atoms with Crippen LogP contribution >= 0.6 is 0 Å². The Balaban J connectivity index is 1.54. The van der Waals surface area contributed by atoms with Gasteiger partial charge in [-0.1, -0.05) is 37.3 Å². The number of benzene rings is 2. The van der Waals surface area contributed by atoms with Gasteiger partial charge in [0.05, 0.1) is 0 Å². The van der Waals surface area contributed by atoms with E-state index < -0.39 is 0 Å². The van der Waals surface area contributed by atoms with E-state index in [1.54, 1.807) is 24.3 Å². The maximum Gasteiger partial charge on any atom is 0.253 e. The number of nitrogens with one attached hydrogen (secondary N) is 1. The number of hydrogen-bond acceptors (Lipinski definition) is 3. The summed E-state index contributed by atoms with van der Waals surface area (Å²) in [7, 11) is 2.07. The van der Waals surface area contributed by atoms with E-state index in [4.69, 9.17) is 0 Å². The molecule has 1 heterocycles. The molecule has 2 aromatic carbocycles. The number of carbonyl (C=O) groups excluding carboxylic acids is 2. The SMILES string of the molecule is CC(CC(=O)Nc1ccc(C(=O)N2CCN(C)CC2)cc1)c1ccccc1. The van der Waals surface area contributed by atoms with Gasteiger partial charge in [0, 0.05) is 43.9 Å². The van der Waals surface area contributed by atoms with E-state index in [-0.39, 0.29) is 17.7 Å². The molecular weight excluding hydrogens is 338 g/mol. The summed E-state index contributed by atoms with van der Waals surface area (Å²) >= 11 is 0. The standard InChI is InChI=1S/C22H27N3O2/c1-17(18-6-4-3-5-7-18)16-21(26)23-20-10-8-19(9-11-20)22(27)25-14-12-24(2)13-15-25/h3-11,17H,12-16H2,1-2H3,(H,23,26). The van der Waals surface area contributed by atoms with Crippen LogP contribution in [0.25, 0.3) is 0 Å². The lowest BCUT2D eigenvalue weighted by Gasteiger charge is -2.32. The lowest BCUT2D eigenvalue weighted by molar-refractivity contribution is -0.116. The van der Waals surface area contributed by atoms with Crippen LogP contribution in [-0.4, -0.2) is 54.8 Å². The Labute approximate surface area is 161 Å². The molecule has 1 N–H and O–H groups in total. The fraction of sp³-hybridized carbons (Fsp3) is 0.364. The number of anilines is 1. The molecule has 0 bridgehead atoms. The van der Waals surface area contributed by atoms with Gasteiger partial charge in [-0.05, 0) is 42.8 Å². The number of amides is 2. The molecule has 0 radical (unpaired) electrons. The van der Waals surface area contributed by atoms with Crippen LogP contribution in [0.15, 0.2) is 54.6 Å². The first-order valence-electron chi connectivity index (χ1n) is 9.45. The predicted octanol–water partition coefficient (Wildman–Crippen LogP) is 3.21. The van der Waals surface area contributed by atoms with Crippen LogP contribution in [0.4, 0.5) is 5.69 Å². The van der Waals surface area contributed by atoms with Crippen molar-refractivity contribution >= 4 is 17.5 Å². The highest BCUT2D eigenvalue weighted by Gasteiger charge is 2.20. The molecule has 1 atom stereocenters. The number of nitrogens with zero attached hydrogens (tertiary/aromatic N) is 2. The summed E-state index contributed by atoms with van der Waals surface area (Å²) in [5, 5.41) is 2.92. The average molecular weight is 365 g/mol. The molecule has 3 rings (SSSR count). The number of likely N-dealkylation sites (N-methyl/N-ethyl adjacent to an activating group) is 1. The van der Waals surface area contributed by atoms with E-state index in [1.807, 2.05) is 42.2 Å². The Morgan fingerprint density at radius 1 is 0.963 bits per heavy atom. The Hall–Kier alpha value is -2.66. The zero-order chi connectivity index (χ0) is 19.2. The second kappa shape index (κ2) is 8.82. The minimum atomic E-state index is -0.0236. The zero-order valence-electron chi connectivity index (χ0n) is 16.0. The smallest absolute Gasteiger partial charge is 0.253 e. The average Bonchev–Trinajstić information content (AvgIpc) is 2.69. The first-order valence-corrected chi connectivity index (χ1v) is 9.45. The number of hydrogen-bond donors (Lipinski definition) is 1. The van der Waals surface area contributed by atoms with Crippen LogP contribution in [0.1, 0.15) is 35.2 Å². The summed E-state index contributed by atoms with van der Waals surface area (Å²) in [6.45, 7) is 5.36. The molecule has 5 heteroatoms. The van der Waals surface area contributed by atoms with Gasteiger partial charge in [-0.25, -0.2) is 0 Å². The van der Waals surface area contributed by atoms with Crippen molar-refractivity contribution in [1.82, 2.24) is 9.80 Å². The Kier molecular flexibility index (Phi) is 6.24. The third-order valence-electron chi connectivity index (χ3n) is 5.07. The zero-order valence-corrected chi connectivity index (χ0v) is 16.0. The lowest BCUT2D eigenvalue weighted by atomic mass is 9.97. The van der Waals surface area contributed by atoms with Gasteiger partial charge in [0.1, 0.15) is 0 Å². The first-order chi connectivity index (χ1) is 13.0. The molecule has 0 spiro atoms. The summed E-state index contributed by atoms with van der Waals surface area (Å²) in [5.41, 5.74) is 2.53. The van der Waals surface area contributed by atoms with Gasteiger partial charge in [0.2, 0.25) is 5.91 Å². The molecule has 1 saturated heterocycles. The maximum absolute atomic E-state index is 12.6. The summed E-state index contributed by atoms with van der Waals surface area (Å²) in [4.78, 5) is 29.0. The second-order valence-electron chi connectivity index (χ2n) is 7.24. The van der Waals surface area contributed by atoms with Gasteiger partial charge in [-0.3, -0.25) is 9.59 Å². The monoisotopic (exact) mass is 365 g/mol. The van der Waals surface area contributed by atoms with Crippen molar-refractivity contribution in [3.8, 4) is 0 Å². The molecular formula is C22H27N3O2. The fourth-order valence-electron chi connectivity index (χ4n) is 3.28. The van der Waals surface area contributed by atoms with Gasteiger partial charge in [-0.2, -0.15) is 0 Å². The molecule has 0 saturated carbocycles. The first kappa shape index (κ1) is 19.1.